The molecule has 0 radical (unpaired) electrons. The summed E-state index contributed by atoms with van der Waals surface area (Å²) in [5, 5.41) is 0.490. The first-order valence-electron chi connectivity index (χ1n) is 7.47. The summed E-state index contributed by atoms with van der Waals surface area (Å²) in [5.74, 6) is 1.01. The van der Waals surface area contributed by atoms with E-state index >= 15 is 0 Å². The summed E-state index contributed by atoms with van der Waals surface area (Å²) < 4.78 is 11.1. The summed E-state index contributed by atoms with van der Waals surface area (Å²) in [4.78, 5) is 17.8. The molecule has 5 nitrogen and oxygen atoms in total. The molecule has 1 aromatic rings. The van der Waals surface area contributed by atoms with Gasteiger partial charge in [-0.3, -0.25) is 0 Å². The molecular formula is C16H23ClN2O3. The SMILES string of the molecule is Cc1cc(OC[C@@H]2CCN(C(=O)OC(C)(C)C)C2)cnc1Cl. The number of hydrogen-bond donors (Lipinski definition) is 0. The van der Waals surface area contributed by atoms with Gasteiger partial charge >= 0.3 is 6.09 Å². The fourth-order valence-corrected chi connectivity index (χ4v) is 2.39. The maximum atomic E-state index is 12.0. The van der Waals surface area contributed by atoms with Gasteiger partial charge in [-0.2, -0.15) is 0 Å². The minimum atomic E-state index is -0.460. The molecule has 1 aliphatic heterocycles. The van der Waals surface area contributed by atoms with Gasteiger partial charge in [0.15, 0.2) is 0 Å². The average molecular weight is 327 g/mol. The Morgan fingerprint density at radius 1 is 1.50 bits per heavy atom. The molecule has 0 unspecified atom stereocenters. The van der Waals surface area contributed by atoms with Crippen molar-refractivity contribution >= 4 is 17.7 Å². The fraction of sp³-hybridized carbons (Fsp3) is 0.625. The van der Waals surface area contributed by atoms with Crippen LogP contribution in [-0.2, 0) is 4.74 Å². The third-order valence-corrected chi connectivity index (χ3v) is 3.81. The highest BCUT2D eigenvalue weighted by Gasteiger charge is 2.30. The molecule has 1 atom stereocenters. The van der Waals surface area contributed by atoms with Gasteiger partial charge in [0.25, 0.3) is 0 Å². The van der Waals surface area contributed by atoms with E-state index in [1.54, 1.807) is 11.1 Å². The van der Waals surface area contributed by atoms with Crippen LogP contribution in [0.25, 0.3) is 0 Å². The largest absolute Gasteiger partial charge is 0.492 e. The van der Waals surface area contributed by atoms with E-state index in [1.807, 2.05) is 33.8 Å². The monoisotopic (exact) mass is 326 g/mol. The summed E-state index contributed by atoms with van der Waals surface area (Å²) in [6.45, 7) is 9.44. The van der Waals surface area contributed by atoms with Crippen LogP contribution in [-0.4, -0.2) is 41.3 Å². The Kier molecular flexibility index (Phi) is 5.16. The Bertz CT molecular complexity index is 543. The van der Waals surface area contributed by atoms with Crippen molar-refractivity contribution in [3.05, 3.63) is 23.0 Å². The molecule has 0 spiro atoms. The van der Waals surface area contributed by atoms with Gasteiger partial charge in [-0.15, -0.1) is 0 Å². The molecule has 0 saturated carbocycles. The Balaban J connectivity index is 1.81. The highest BCUT2D eigenvalue weighted by atomic mass is 35.5. The number of aromatic nitrogens is 1. The minimum Gasteiger partial charge on any atom is -0.492 e. The van der Waals surface area contributed by atoms with Gasteiger partial charge in [-0.25, -0.2) is 9.78 Å². The van der Waals surface area contributed by atoms with E-state index in [0.29, 0.717) is 36.5 Å². The summed E-state index contributed by atoms with van der Waals surface area (Å²) in [6.07, 6.45) is 2.29. The van der Waals surface area contributed by atoms with E-state index in [9.17, 15) is 4.79 Å². The molecule has 1 aromatic heterocycles. The van der Waals surface area contributed by atoms with Gasteiger partial charge in [0.1, 0.15) is 16.5 Å². The van der Waals surface area contributed by atoms with Crippen LogP contribution in [0.1, 0.15) is 32.8 Å². The number of pyridine rings is 1. The van der Waals surface area contributed by atoms with Crippen molar-refractivity contribution in [2.75, 3.05) is 19.7 Å². The van der Waals surface area contributed by atoms with Crippen molar-refractivity contribution in [2.24, 2.45) is 5.92 Å². The van der Waals surface area contributed by atoms with Gasteiger partial charge in [0.05, 0.1) is 12.8 Å². The van der Waals surface area contributed by atoms with Crippen LogP contribution in [0.4, 0.5) is 4.79 Å². The standard InChI is InChI=1S/C16H23ClN2O3/c1-11-7-13(8-18-14(11)17)21-10-12-5-6-19(9-12)15(20)22-16(2,3)4/h7-8,12H,5-6,9-10H2,1-4H3/t12-/m1/s1. The number of amides is 1. The van der Waals surface area contributed by atoms with Gasteiger partial charge < -0.3 is 14.4 Å². The molecule has 0 N–H and O–H groups in total. The van der Waals surface area contributed by atoms with E-state index < -0.39 is 5.60 Å². The molecule has 122 valence electrons. The number of hydrogen-bond acceptors (Lipinski definition) is 4. The van der Waals surface area contributed by atoms with Crippen molar-refractivity contribution in [2.45, 2.75) is 39.7 Å². The van der Waals surface area contributed by atoms with Crippen LogP contribution >= 0.6 is 11.6 Å². The van der Waals surface area contributed by atoms with Crippen molar-refractivity contribution < 1.29 is 14.3 Å². The zero-order valence-electron chi connectivity index (χ0n) is 13.6. The molecule has 1 fully saturated rings. The van der Waals surface area contributed by atoms with Gasteiger partial charge in [0.2, 0.25) is 0 Å². The summed E-state index contributed by atoms with van der Waals surface area (Å²) >= 11 is 5.89. The topological polar surface area (TPSA) is 51.7 Å². The molecule has 22 heavy (non-hydrogen) atoms. The summed E-state index contributed by atoms with van der Waals surface area (Å²) in [7, 11) is 0. The van der Waals surface area contributed by atoms with Gasteiger partial charge in [-0.1, -0.05) is 11.6 Å². The Labute approximate surface area is 136 Å². The second kappa shape index (κ2) is 6.73. The summed E-state index contributed by atoms with van der Waals surface area (Å²) in [5.41, 5.74) is 0.430. The molecule has 6 heteroatoms. The lowest BCUT2D eigenvalue weighted by Crippen LogP contribution is -2.35. The quantitative estimate of drug-likeness (QED) is 0.795. The van der Waals surface area contributed by atoms with E-state index in [0.717, 1.165) is 12.0 Å². The van der Waals surface area contributed by atoms with Gasteiger partial charge in [-0.05, 0) is 45.7 Å². The zero-order valence-corrected chi connectivity index (χ0v) is 14.3. The van der Waals surface area contributed by atoms with Crippen molar-refractivity contribution in [1.29, 1.82) is 0 Å². The third kappa shape index (κ3) is 4.77. The van der Waals surface area contributed by atoms with Crippen LogP contribution in [0, 0.1) is 12.8 Å². The van der Waals surface area contributed by atoms with Crippen LogP contribution in [0.5, 0.6) is 5.75 Å². The number of nitrogens with zero attached hydrogens (tertiary/aromatic N) is 2. The Morgan fingerprint density at radius 2 is 2.23 bits per heavy atom. The molecular weight excluding hydrogens is 304 g/mol. The molecule has 2 rings (SSSR count). The first kappa shape index (κ1) is 16.9. The average Bonchev–Trinajstić information content (AvgIpc) is 2.87. The zero-order chi connectivity index (χ0) is 16.3. The first-order chi connectivity index (χ1) is 10.2. The highest BCUT2D eigenvalue weighted by Crippen LogP contribution is 2.22. The lowest BCUT2D eigenvalue weighted by Gasteiger charge is -2.24. The van der Waals surface area contributed by atoms with Gasteiger partial charge in [0, 0.05) is 19.0 Å². The third-order valence-electron chi connectivity index (χ3n) is 3.41. The van der Waals surface area contributed by atoms with Crippen LogP contribution in [0.3, 0.4) is 0 Å². The number of carbonyl (C=O) groups is 1. The predicted molar refractivity (Wildman–Crippen MR) is 85.4 cm³/mol. The summed E-state index contributed by atoms with van der Waals surface area (Å²) in [6, 6.07) is 1.87. The Morgan fingerprint density at radius 3 is 2.86 bits per heavy atom. The number of halogens is 1. The number of rotatable bonds is 3. The number of likely N-dealkylation sites (tertiary alicyclic amines) is 1. The maximum absolute atomic E-state index is 12.0. The first-order valence-corrected chi connectivity index (χ1v) is 7.85. The molecule has 0 bridgehead atoms. The molecule has 0 aromatic carbocycles. The Hall–Kier alpha value is -1.49. The number of aryl methyl sites for hydroxylation is 1. The van der Waals surface area contributed by atoms with Crippen molar-refractivity contribution in [3.8, 4) is 5.75 Å². The normalized spacial score (nSPS) is 18.4. The van der Waals surface area contributed by atoms with E-state index in [-0.39, 0.29) is 6.09 Å². The molecule has 0 aliphatic carbocycles. The molecule has 1 saturated heterocycles. The fourth-order valence-electron chi connectivity index (χ4n) is 2.29. The van der Waals surface area contributed by atoms with E-state index in [1.165, 1.54) is 0 Å². The maximum Gasteiger partial charge on any atom is 0.410 e. The smallest absolute Gasteiger partial charge is 0.410 e. The van der Waals surface area contributed by atoms with Crippen molar-refractivity contribution in [1.82, 2.24) is 9.88 Å². The second-order valence-electron chi connectivity index (χ2n) is 6.67. The molecule has 2 heterocycles. The molecule has 1 amide bonds. The minimum absolute atomic E-state index is 0.251. The van der Waals surface area contributed by atoms with E-state index in [2.05, 4.69) is 4.98 Å². The highest BCUT2D eigenvalue weighted by molar-refractivity contribution is 6.30. The number of ether oxygens (including phenoxy) is 2. The van der Waals surface area contributed by atoms with Crippen LogP contribution in [0.15, 0.2) is 12.3 Å². The lowest BCUT2D eigenvalue weighted by molar-refractivity contribution is 0.0285. The van der Waals surface area contributed by atoms with E-state index in [4.69, 9.17) is 21.1 Å². The van der Waals surface area contributed by atoms with Crippen molar-refractivity contribution in [3.63, 3.8) is 0 Å². The molecule has 1 aliphatic rings. The number of carbonyl (C=O) groups excluding carboxylic acids is 1. The predicted octanol–water partition coefficient (Wildman–Crippen LogP) is 3.68. The lowest BCUT2D eigenvalue weighted by atomic mass is 10.1. The van der Waals surface area contributed by atoms with Crippen LogP contribution < -0.4 is 4.74 Å². The second-order valence-corrected chi connectivity index (χ2v) is 7.03. The van der Waals surface area contributed by atoms with Crippen LogP contribution in [0.2, 0.25) is 5.15 Å².